The van der Waals surface area contributed by atoms with Crippen molar-refractivity contribution in [3.8, 4) is 0 Å². The molecule has 0 saturated heterocycles. The number of benzene rings is 2. The Kier molecular flexibility index (Phi) is 3.01. The molecule has 0 bridgehead atoms. The van der Waals surface area contributed by atoms with Gasteiger partial charge in [0.15, 0.2) is 0 Å². The fourth-order valence-corrected chi connectivity index (χ4v) is 2.42. The van der Waals surface area contributed by atoms with Crippen LogP contribution in [0.2, 0.25) is 0 Å². The number of hydrogen-bond donors (Lipinski definition) is 0. The van der Waals surface area contributed by atoms with Crippen molar-refractivity contribution in [1.82, 2.24) is 4.98 Å². The molecule has 21 heavy (non-hydrogen) atoms. The van der Waals surface area contributed by atoms with E-state index in [-0.39, 0.29) is 5.39 Å². The van der Waals surface area contributed by atoms with E-state index in [2.05, 4.69) is 4.98 Å². The second kappa shape index (κ2) is 4.73. The highest BCUT2D eigenvalue weighted by atomic mass is 19.3. The van der Waals surface area contributed by atoms with Crippen LogP contribution in [0.4, 0.5) is 8.78 Å². The summed E-state index contributed by atoms with van der Waals surface area (Å²) >= 11 is 0. The van der Waals surface area contributed by atoms with Crippen LogP contribution in [0.15, 0.2) is 48.5 Å². The van der Waals surface area contributed by atoms with Gasteiger partial charge in [0.2, 0.25) is 0 Å². The molecule has 0 saturated carbocycles. The number of nitro groups is 1. The molecule has 0 aliphatic rings. The van der Waals surface area contributed by atoms with E-state index in [0.717, 1.165) is 5.39 Å². The minimum Gasteiger partial charge on any atom is -0.264 e. The Labute approximate surface area is 118 Å². The summed E-state index contributed by atoms with van der Waals surface area (Å²) in [6.45, 7) is -1.47. The highest BCUT2D eigenvalue weighted by Crippen LogP contribution is 2.35. The average molecular weight is 288 g/mol. The Morgan fingerprint density at radius 3 is 2.24 bits per heavy atom. The molecular weight excluding hydrogens is 278 g/mol. The van der Waals surface area contributed by atoms with Crippen LogP contribution in [0.25, 0.3) is 21.7 Å². The molecule has 0 spiro atoms. The first-order chi connectivity index (χ1) is 9.99. The minimum atomic E-state index is -3.62. The minimum absolute atomic E-state index is 0.239. The van der Waals surface area contributed by atoms with Gasteiger partial charge < -0.3 is 0 Å². The summed E-state index contributed by atoms with van der Waals surface area (Å²) < 4.78 is 28.3. The van der Waals surface area contributed by atoms with E-state index in [4.69, 9.17) is 0 Å². The Morgan fingerprint density at radius 2 is 1.57 bits per heavy atom. The monoisotopic (exact) mass is 288 g/mol. The largest absolute Gasteiger partial charge is 0.353 e. The van der Waals surface area contributed by atoms with E-state index >= 15 is 0 Å². The van der Waals surface area contributed by atoms with Crippen molar-refractivity contribution in [2.45, 2.75) is 5.92 Å². The van der Waals surface area contributed by atoms with E-state index in [0.29, 0.717) is 10.9 Å². The lowest BCUT2D eigenvalue weighted by molar-refractivity contribution is -0.507. The predicted molar refractivity (Wildman–Crippen MR) is 75.0 cm³/mol. The Balaban J connectivity index is 2.37. The van der Waals surface area contributed by atoms with Gasteiger partial charge in [-0.05, 0) is 11.5 Å². The molecule has 0 amide bonds. The lowest BCUT2D eigenvalue weighted by Gasteiger charge is -2.15. The van der Waals surface area contributed by atoms with E-state index in [1.165, 1.54) is 6.07 Å². The van der Waals surface area contributed by atoms with Gasteiger partial charge in [0, 0.05) is 15.7 Å². The molecule has 1 heterocycles. The number of fused-ring (bicyclic) bond motifs is 3. The van der Waals surface area contributed by atoms with Gasteiger partial charge in [0.25, 0.3) is 6.54 Å². The molecular formula is C15H10F2N2O2. The van der Waals surface area contributed by atoms with Crippen molar-refractivity contribution < 1.29 is 13.7 Å². The molecule has 0 N–H and O–H groups in total. The van der Waals surface area contributed by atoms with E-state index in [1.807, 2.05) is 0 Å². The number of halogens is 2. The lowest BCUT2D eigenvalue weighted by Crippen LogP contribution is -2.26. The van der Waals surface area contributed by atoms with Crippen molar-refractivity contribution in [3.05, 3.63) is 64.3 Å². The molecule has 6 heteroatoms. The molecule has 1 aromatic heterocycles. The molecule has 106 valence electrons. The number of hydrogen-bond acceptors (Lipinski definition) is 3. The molecule has 0 aliphatic heterocycles. The molecule has 3 aromatic rings. The van der Waals surface area contributed by atoms with Crippen molar-refractivity contribution >= 4 is 21.7 Å². The van der Waals surface area contributed by atoms with Crippen LogP contribution in [-0.4, -0.2) is 16.5 Å². The summed E-state index contributed by atoms with van der Waals surface area (Å²) in [6, 6.07) is 13.5. The molecule has 3 rings (SSSR count). The van der Waals surface area contributed by atoms with E-state index in [1.54, 1.807) is 42.5 Å². The van der Waals surface area contributed by atoms with Gasteiger partial charge in [-0.25, -0.2) is 4.98 Å². The fourth-order valence-electron chi connectivity index (χ4n) is 2.42. The highest BCUT2D eigenvalue weighted by Gasteiger charge is 2.41. The first-order valence-electron chi connectivity index (χ1n) is 6.26. The van der Waals surface area contributed by atoms with Crippen LogP contribution in [0.3, 0.4) is 0 Å². The number of rotatable bonds is 3. The smallest absolute Gasteiger partial charge is 0.264 e. The SMILES string of the molecule is O=[N+]([O-])CC(F)(F)c1nc2ccccc2c2ccccc12. The fraction of sp³-hybridized carbons (Fsp3) is 0.133. The molecule has 0 radical (unpaired) electrons. The predicted octanol–water partition coefficient (Wildman–Crippen LogP) is 3.76. The van der Waals surface area contributed by atoms with Crippen molar-refractivity contribution in [2.24, 2.45) is 0 Å². The van der Waals surface area contributed by atoms with Crippen LogP contribution in [0.1, 0.15) is 5.69 Å². The zero-order valence-electron chi connectivity index (χ0n) is 10.8. The number of alkyl halides is 2. The molecule has 2 aromatic carbocycles. The maximum atomic E-state index is 14.2. The average Bonchev–Trinajstić information content (AvgIpc) is 2.45. The van der Waals surface area contributed by atoms with Gasteiger partial charge in [-0.2, -0.15) is 8.78 Å². The van der Waals surface area contributed by atoms with Crippen LogP contribution in [-0.2, 0) is 5.92 Å². The van der Waals surface area contributed by atoms with Gasteiger partial charge in [0.1, 0.15) is 5.69 Å². The van der Waals surface area contributed by atoms with Crippen LogP contribution in [0, 0.1) is 10.1 Å². The van der Waals surface area contributed by atoms with Crippen molar-refractivity contribution in [1.29, 1.82) is 0 Å². The van der Waals surface area contributed by atoms with Crippen molar-refractivity contribution in [2.75, 3.05) is 6.54 Å². The third-order valence-electron chi connectivity index (χ3n) is 3.28. The summed E-state index contributed by atoms with van der Waals surface area (Å²) in [5.74, 6) is -3.62. The summed E-state index contributed by atoms with van der Waals surface area (Å²) in [6.07, 6.45) is 0. The maximum Gasteiger partial charge on any atom is 0.353 e. The number of pyridine rings is 1. The quantitative estimate of drug-likeness (QED) is 0.419. The number of nitrogens with zero attached hydrogens (tertiary/aromatic N) is 2. The first-order valence-corrected chi connectivity index (χ1v) is 6.26. The summed E-state index contributed by atoms with van der Waals surface area (Å²) in [7, 11) is 0. The van der Waals surface area contributed by atoms with Crippen LogP contribution >= 0.6 is 0 Å². The van der Waals surface area contributed by atoms with Crippen LogP contribution < -0.4 is 0 Å². The zero-order valence-corrected chi connectivity index (χ0v) is 10.8. The molecule has 0 aliphatic carbocycles. The van der Waals surface area contributed by atoms with Gasteiger partial charge in [-0.3, -0.25) is 10.1 Å². The second-order valence-corrected chi connectivity index (χ2v) is 4.72. The van der Waals surface area contributed by atoms with Gasteiger partial charge >= 0.3 is 5.92 Å². The van der Waals surface area contributed by atoms with Crippen molar-refractivity contribution in [3.63, 3.8) is 0 Å². The Bertz CT molecular complexity index is 849. The highest BCUT2D eigenvalue weighted by molar-refractivity contribution is 6.06. The number of para-hydroxylation sites is 1. The van der Waals surface area contributed by atoms with E-state index in [9.17, 15) is 18.9 Å². The molecule has 0 fully saturated rings. The normalized spacial score (nSPS) is 11.9. The lowest BCUT2D eigenvalue weighted by atomic mass is 10.0. The number of aromatic nitrogens is 1. The molecule has 4 nitrogen and oxygen atoms in total. The van der Waals surface area contributed by atoms with E-state index < -0.39 is 23.1 Å². The first kappa shape index (κ1) is 13.4. The van der Waals surface area contributed by atoms with Gasteiger partial charge in [-0.1, -0.05) is 42.5 Å². The third-order valence-corrected chi connectivity index (χ3v) is 3.28. The van der Waals surface area contributed by atoms with Gasteiger partial charge in [-0.15, -0.1) is 0 Å². The second-order valence-electron chi connectivity index (χ2n) is 4.72. The van der Waals surface area contributed by atoms with Crippen LogP contribution in [0.5, 0.6) is 0 Å². The summed E-state index contributed by atoms with van der Waals surface area (Å²) in [5, 5.41) is 12.1. The Morgan fingerprint density at radius 1 is 1.00 bits per heavy atom. The topological polar surface area (TPSA) is 56.0 Å². The molecule has 0 atom stereocenters. The summed E-state index contributed by atoms with van der Waals surface area (Å²) in [5.41, 5.74) is -0.150. The Hall–Kier alpha value is -2.63. The van der Waals surface area contributed by atoms with Gasteiger partial charge in [0.05, 0.1) is 5.52 Å². The summed E-state index contributed by atoms with van der Waals surface area (Å²) in [4.78, 5) is 13.4. The zero-order chi connectivity index (χ0) is 15.0. The molecule has 0 unspecified atom stereocenters. The third kappa shape index (κ3) is 2.29. The maximum absolute atomic E-state index is 14.2. The standard InChI is InChI=1S/C15H10F2N2O2/c16-15(17,9-19(20)21)14-12-7-2-1-5-10(12)11-6-3-4-8-13(11)18-14/h1-8H,9H2.